The summed E-state index contributed by atoms with van der Waals surface area (Å²) in [5.41, 5.74) is 2.58. The maximum atomic E-state index is 12.9. The van der Waals surface area contributed by atoms with E-state index in [0.717, 1.165) is 11.1 Å². The Morgan fingerprint density at radius 2 is 1.74 bits per heavy atom. The summed E-state index contributed by atoms with van der Waals surface area (Å²) < 4.78 is 3.81. The predicted octanol–water partition coefficient (Wildman–Crippen LogP) is 3.94. The number of hydrogen-bond acceptors (Lipinski definition) is 4. The predicted molar refractivity (Wildman–Crippen MR) is 91.1 cm³/mol. The molecule has 0 fully saturated rings. The van der Waals surface area contributed by atoms with E-state index in [-0.39, 0.29) is 11.9 Å². The van der Waals surface area contributed by atoms with Crippen LogP contribution in [0.5, 0.6) is 0 Å². The molecule has 1 heterocycles. The molecule has 0 unspecified atom stereocenters. The van der Waals surface area contributed by atoms with Gasteiger partial charge in [-0.25, -0.2) is 0 Å². The Hall–Kier alpha value is -2.53. The van der Waals surface area contributed by atoms with Gasteiger partial charge < -0.3 is 4.90 Å². The normalized spacial score (nSPS) is 11.9. The van der Waals surface area contributed by atoms with Gasteiger partial charge in [-0.05, 0) is 29.6 Å². The fraction of sp³-hybridized carbons (Fsp3) is 0.167. The van der Waals surface area contributed by atoms with Crippen LogP contribution in [0, 0.1) is 0 Å². The third-order valence-corrected chi connectivity index (χ3v) is 4.29. The average molecular weight is 323 g/mol. The van der Waals surface area contributed by atoms with Gasteiger partial charge in [0.05, 0.1) is 6.04 Å². The van der Waals surface area contributed by atoms with Crippen LogP contribution in [0.15, 0.2) is 66.0 Å². The van der Waals surface area contributed by atoms with Crippen molar-refractivity contribution in [2.24, 2.45) is 0 Å². The number of hydrogen-bond donors (Lipinski definition) is 0. The Labute approximate surface area is 139 Å². The summed E-state index contributed by atoms with van der Waals surface area (Å²) in [4.78, 5) is 14.7. The quantitative estimate of drug-likeness (QED) is 0.714. The summed E-state index contributed by atoms with van der Waals surface area (Å²) in [6.07, 6.45) is 0. The summed E-state index contributed by atoms with van der Waals surface area (Å²) in [5, 5.41) is 5.62. The maximum Gasteiger partial charge on any atom is 0.276 e. The summed E-state index contributed by atoms with van der Waals surface area (Å²) in [6.45, 7) is 2.57. The van der Waals surface area contributed by atoms with E-state index in [4.69, 9.17) is 0 Å². The molecular formula is C18H17N3OS. The van der Waals surface area contributed by atoms with Gasteiger partial charge in [-0.15, -0.1) is 5.10 Å². The summed E-state index contributed by atoms with van der Waals surface area (Å²) in [6, 6.07) is 20.0. The molecule has 3 aromatic rings. The van der Waals surface area contributed by atoms with Crippen LogP contribution in [-0.4, -0.2) is 20.4 Å². The molecule has 0 saturated carbocycles. The number of amides is 1. The zero-order valence-corrected chi connectivity index (χ0v) is 13.6. The lowest BCUT2D eigenvalue weighted by molar-refractivity contribution is 0.0668. The highest BCUT2D eigenvalue weighted by Gasteiger charge is 2.24. The molecule has 0 spiro atoms. The van der Waals surface area contributed by atoms with E-state index in [0.29, 0.717) is 12.2 Å². The smallest absolute Gasteiger partial charge is 0.276 e. The van der Waals surface area contributed by atoms with Crippen LogP contribution in [0.25, 0.3) is 0 Å². The van der Waals surface area contributed by atoms with Crippen molar-refractivity contribution in [3.8, 4) is 0 Å². The highest BCUT2D eigenvalue weighted by atomic mass is 32.1. The van der Waals surface area contributed by atoms with E-state index in [1.54, 1.807) is 5.38 Å². The second-order valence-corrected chi connectivity index (χ2v) is 5.91. The first-order valence-corrected chi connectivity index (χ1v) is 8.26. The van der Waals surface area contributed by atoms with Crippen molar-refractivity contribution in [3.63, 3.8) is 0 Å². The molecule has 0 saturated heterocycles. The van der Waals surface area contributed by atoms with Gasteiger partial charge in [-0.3, -0.25) is 4.79 Å². The third kappa shape index (κ3) is 3.63. The second kappa shape index (κ2) is 7.15. The number of nitrogens with zero attached hydrogens (tertiary/aromatic N) is 3. The van der Waals surface area contributed by atoms with Crippen molar-refractivity contribution >= 4 is 17.4 Å². The molecule has 116 valence electrons. The molecule has 0 aliphatic heterocycles. The highest BCUT2D eigenvalue weighted by molar-refractivity contribution is 7.03. The standard InChI is InChI=1S/C18H17N3OS/c1-14(16-10-6-3-7-11-16)21(12-15-8-4-2-5-9-15)18(22)17-13-23-20-19-17/h2-11,13-14H,12H2,1H3/t14-/m0/s1. The van der Waals surface area contributed by atoms with Gasteiger partial charge in [0, 0.05) is 11.9 Å². The van der Waals surface area contributed by atoms with Gasteiger partial charge in [-0.1, -0.05) is 65.2 Å². The summed E-state index contributed by atoms with van der Waals surface area (Å²) in [7, 11) is 0. The van der Waals surface area contributed by atoms with E-state index in [1.807, 2.05) is 72.5 Å². The first-order valence-electron chi connectivity index (χ1n) is 7.42. The van der Waals surface area contributed by atoms with Crippen LogP contribution >= 0.6 is 11.5 Å². The molecule has 0 radical (unpaired) electrons. The monoisotopic (exact) mass is 323 g/mol. The fourth-order valence-electron chi connectivity index (χ4n) is 2.48. The Kier molecular flexibility index (Phi) is 4.78. The van der Waals surface area contributed by atoms with Crippen molar-refractivity contribution in [1.82, 2.24) is 14.5 Å². The van der Waals surface area contributed by atoms with Crippen molar-refractivity contribution in [1.29, 1.82) is 0 Å². The molecule has 3 rings (SSSR count). The topological polar surface area (TPSA) is 46.1 Å². The molecule has 0 bridgehead atoms. The Morgan fingerprint density at radius 1 is 1.09 bits per heavy atom. The molecule has 1 atom stereocenters. The lowest BCUT2D eigenvalue weighted by atomic mass is 10.1. The Bertz CT molecular complexity index is 744. The van der Waals surface area contributed by atoms with Crippen LogP contribution in [0.3, 0.4) is 0 Å². The molecule has 23 heavy (non-hydrogen) atoms. The molecular weight excluding hydrogens is 306 g/mol. The largest absolute Gasteiger partial charge is 0.326 e. The van der Waals surface area contributed by atoms with Gasteiger partial charge in [0.15, 0.2) is 5.69 Å². The van der Waals surface area contributed by atoms with Crippen LogP contribution < -0.4 is 0 Å². The molecule has 0 aliphatic carbocycles. The molecule has 5 heteroatoms. The van der Waals surface area contributed by atoms with E-state index < -0.39 is 0 Å². The lowest BCUT2D eigenvalue weighted by Crippen LogP contribution is -2.33. The minimum atomic E-state index is -0.0982. The SMILES string of the molecule is C[C@@H](c1ccccc1)N(Cc1ccccc1)C(=O)c1csnn1. The lowest BCUT2D eigenvalue weighted by Gasteiger charge is -2.29. The van der Waals surface area contributed by atoms with Crippen molar-refractivity contribution in [2.75, 3.05) is 0 Å². The molecule has 2 aromatic carbocycles. The molecule has 4 nitrogen and oxygen atoms in total. The number of carbonyl (C=O) groups excluding carboxylic acids is 1. The van der Waals surface area contributed by atoms with Gasteiger partial charge in [-0.2, -0.15) is 0 Å². The van der Waals surface area contributed by atoms with Gasteiger partial charge >= 0.3 is 0 Å². The zero-order valence-electron chi connectivity index (χ0n) is 12.8. The molecule has 1 amide bonds. The van der Waals surface area contributed by atoms with Gasteiger partial charge in [0.25, 0.3) is 5.91 Å². The maximum absolute atomic E-state index is 12.9. The van der Waals surface area contributed by atoms with E-state index in [1.165, 1.54) is 11.5 Å². The molecule has 0 N–H and O–H groups in total. The van der Waals surface area contributed by atoms with E-state index >= 15 is 0 Å². The van der Waals surface area contributed by atoms with Gasteiger partial charge in [0.1, 0.15) is 0 Å². The molecule has 1 aromatic heterocycles. The summed E-state index contributed by atoms with van der Waals surface area (Å²) >= 11 is 1.19. The Balaban J connectivity index is 1.91. The van der Waals surface area contributed by atoms with Gasteiger partial charge in [0.2, 0.25) is 0 Å². The fourth-order valence-corrected chi connectivity index (χ4v) is 2.91. The first kappa shape index (κ1) is 15.4. The van der Waals surface area contributed by atoms with Crippen molar-refractivity contribution < 1.29 is 4.79 Å². The van der Waals surface area contributed by atoms with Crippen molar-refractivity contribution in [3.05, 3.63) is 82.9 Å². The summed E-state index contributed by atoms with van der Waals surface area (Å²) in [5.74, 6) is -0.0982. The van der Waals surface area contributed by atoms with Crippen molar-refractivity contribution in [2.45, 2.75) is 19.5 Å². The number of benzene rings is 2. The minimum absolute atomic E-state index is 0.0504. The number of carbonyl (C=O) groups is 1. The zero-order chi connectivity index (χ0) is 16.1. The highest BCUT2D eigenvalue weighted by Crippen LogP contribution is 2.24. The average Bonchev–Trinajstić information content (AvgIpc) is 3.15. The van der Waals surface area contributed by atoms with Crippen LogP contribution in [-0.2, 0) is 6.54 Å². The van der Waals surface area contributed by atoms with E-state index in [9.17, 15) is 4.79 Å². The molecule has 0 aliphatic rings. The minimum Gasteiger partial charge on any atom is -0.326 e. The van der Waals surface area contributed by atoms with E-state index in [2.05, 4.69) is 9.59 Å². The first-order chi connectivity index (χ1) is 11.3. The van der Waals surface area contributed by atoms with Crippen LogP contribution in [0.2, 0.25) is 0 Å². The number of rotatable bonds is 5. The van der Waals surface area contributed by atoms with Crippen LogP contribution in [0.4, 0.5) is 0 Å². The second-order valence-electron chi connectivity index (χ2n) is 5.30. The third-order valence-electron chi connectivity index (χ3n) is 3.79. The number of aromatic nitrogens is 2. The Morgan fingerprint density at radius 3 is 2.35 bits per heavy atom. The van der Waals surface area contributed by atoms with Crippen LogP contribution in [0.1, 0.15) is 34.6 Å².